The van der Waals surface area contributed by atoms with Crippen molar-refractivity contribution in [2.45, 2.75) is 23.1 Å². The summed E-state index contributed by atoms with van der Waals surface area (Å²) in [6.07, 6.45) is 0. The lowest BCUT2D eigenvalue weighted by atomic mass is 10.1. The molecule has 2 aromatic rings. The molecule has 4 rings (SSSR count). The molecule has 32 heavy (non-hydrogen) atoms. The van der Waals surface area contributed by atoms with Crippen molar-refractivity contribution in [2.75, 3.05) is 47.9 Å². The number of rotatable bonds is 5. The third-order valence-electron chi connectivity index (χ3n) is 6.08. The van der Waals surface area contributed by atoms with Crippen molar-refractivity contribution >= 4 is 37.0 Å². The van der Waals surface area contributed by atoms with Gasteiger partial charge in [0.2, 0.25) is 5.91 Å². The third-order valence-corrected chi connectivity index (χ3v) is 10.2. The van der Waals surface area contributed by atoms with Crippen LogP contribution in [0.4, 0.5) is 11.4 Å². The van der Waals surface area contributed by atoms with Crippen LogP contribution < -0.4 is 10.2 Å². The van der Waals surface area contributed by atoms with Gasteiger partial charge in [-0.3, -0.25) is 9.69 Å². The quantitative estimate of drug-likeness (QED) is 0.694. The SMILES string of the molecule is CC(=O)Nc1ccc(S(=O)(=O)C2CS(=O)(=O)CC2N2CCN(c3ccccc3)CC2)cc1. The van der Waals surface area contributed by atoms with Gasteiger partial charge in [0.15, 0.2) is 19.7 Å². The van der Waals surface area contributed by atoms with Crippen LogP contribution in [0.2, 0.25) is 0 Å². The van der Waals surface area contributed by atoms with Crippen molar-refractivity contribution in [1.29, 1.82) is 0 Å². The summed E-state index contributed by atoms with van der Waals surface area (Å²) in [6, 6.07) is 15.3. The number of hydrogen-bond donors (Lipinski definition) is 1. The minimum absolute atomic E-state index is 0.0709. The number of carbonyl (C=O) groups is 1. The summed E-state index contributed by atoms with van der Waals surface area (Å²) in [4.78, 5) is 15.5. The van der Waals surface area contributed by atoms with E-state index in [1.807, 2.05) is 35.2 Å². The Kier molecular flexibility index (Phi) is 6.28. The van der Waals surface area contributed by atoms with Crippen molar-refractivity contribution in [3.8, 4) is 0 Å². The number of nitrogens with zero attached hydrogens (tertiary/aromatic N) is 2. The molecule has 0 spiro atoms. The molecule has 172 valence electrons. The predicted molar refractivity (Wildman–Crippen MR) is 124 cm³/mol. The van der Waals surface area contributed by atoms with Crippen LogP contribution in [0.3, 0.4) is 0 Å². The van der Waals surface area contributed by atoms with Crippen LogP contribution in [0.15, 0.2) is 59.5 Å². The number of anilines is 2. The lowest BCUT2D eigenvalue weighted by molar-refractivity contribution is -0.114. The number of para-hydroxylation sites is 1. The average Bonchev–Trinajstić information content (AvgIpc) is 3.11. The van der Waals surface area contributed by atoms with Crippen LogP contribution in [0, 0.1) is 0 Å². The van der Waals surface area contributed by atoms with E-state index in [0.717, 1.165) is 5.69 Å². The number of hydrogen-bond acceptors (Lipinski definition) is 7. The molecular formula is C22H27N3O5S2. The van der Waals surface area contributed by atoms with Gasteiger partial charge in [-0.1, -0.05) is 18.2 Å². The van der Waals surface area contributed by atoms with E-state index in [0.29, 0.717) is 31.9 Å². The van der Waals surface area contributed by atoms with Gasteiger partial charge in [-0.25, -0.2) is 16.8 Å². The average molecular weight is 478 g/mol. The number of nitrogens with one attached hydrogen (secondary N) is 1. The normalized spacial score (nSPS) is 23.7. The van der Waals surface area contributed by atoms with E-state index in [2.05, 4.69) is 10.2 Å². The predicted octanol–water partition coefficient (Wildman–Crippen LogP) is 1.41. The second kappa shape index (κ2) is 8.84. The summed E-state index contributed by atoms with van der Waals surface area (Å²) in [5, 5.41) is 1.59. The highest BCUT2D eigenvalue weighted by Gasteiger charge is 2.48. The molecule has 2 aliphatic heterocycles. The smallest absolute Gasteiger partial charge is 0.221 e. The molecule has 0 aromatic heterocycles. The molecule has 2 atom stereocenters. The molecule has 0 radical (unpaired) electrons. The molecule has 2 unspecified atom stereocenters. The maximum atomic E-state index is 13.4. The van der Waals surface area contributed by atoms with E-state index >= 15 is 0 Å². The highest BCUT2D eigenvalue weighted by atomic mass is 32.2. The zero-order chi connectivity index (χ0) is 22.9. The Morgan fingerprint density at radius 2 is 1.56 bits per heavy atom. The van der Waals surface area contributed by atoms with Gasteiger partial charge in [-0.05, 0) is 36.4 Å². The van der Waals surface area contributed by atoms with Crippen molar-refractivity contribution in [1.82, 2.24) is 4.90 Å². The Labute approximate surface area is 189 Å². The summed E-state index contributed by atoms with van der Waals surface area (Å²) >= 11 is 0. The first-order valence-corrected chi connectivity index (χ1v) is 13.9. The van der Waals surface area contributed by atoms with E-state index in [9.17, 15) is 21.6 Å². The summed E-state index contributed by atoms with van der Waals surface area (Å²) in [5.74, 6) is -0.768. The molecule has 1 amide bonds. The number of sulfone groups is 2. The van der Waals surface area contributed by atoms with E-state index < -0.39 is 31.0 Å². The first kappa shape index (κ1) is 22.8. The zero-order valence-corrected chi connectivity index (χ0v) is 19.5. The molecule has 2 saturated heterocycles. The summed E-state index contributed by atoms with van der Waals surface area (Å²) in [6.45, 7) is 3.98. The van der Waals surface area contributed by atoms with Crippen LogP contribution in [0.1, 0.15) is 6.92 Å². The molecule has 2 aliphatic rings. The van der Waals surface area contributed by atoms with Gasteiger partial charge in [0.1, 0.15) is 0 Å². The summed E-state index contributed by atoms with van der Waals surface area (Å²) in [5.41, 5.74) is 1.60. The number of piperazine rings is 1. The maximum Gasteiger partial charge on any atom is 0.221 e. The van der Waals surface area contributed by atoms with Gasteiger partial charge in [-0.15, -0.1) is 0 Å². The Morgan fingerprint density at radius 1 is 0.938 bits per heavy atom. The first-order chi connectivity index (χ1) is 15.2. The Hall–Kier alpha value is -2.43. The van der Waals surface area contributed by atoms with E-state index in [-0.39, 0.29) is 22.3 Å². The highest BCUT2D eigenvalue weighted by Crippen LogP contribution is 2.30. The monoisotopic (exact) mass is 477 g/mol. The first-order valence-electron chi connectivity index (χ1n) is 10.5. The zero-order valence-electron chi connectivity index (χ0n) is 17.8. The Balaban J connectivity index is 1.53. The van der Waals surface area contributed by atoms with Gasteiger partial charge in [0.05, 0.1) is 21.7 Å². The second-order valence-corrected chi connectivity index (χ2v) is 12.6. The fourth-order valence-corrected chi connectivity index (χ4v) is 9.32. The summed E-state index contributed by atoms with van der Waals surface area (Å²) in [7, 11) is -7.33. The molecule has 0 saturated carbocycles. The molecule has 10 heteroatoms. The van der Waals surface area contributed by atoms with Gasteiger partial charge < -0.3 is 10.2 Å². The van der Waals surface area contributed by atoms with Crippen LogP contribution in [0.25, 0.3) is 0 Å². The van der Waals surface area contributed by atoms with Gasteiger partial charge in [-0.2, -0.15) is 0 Å². The second-order valence-electron chi connectivity index (χ2n) is 8.29. The van der Waals surface area contributed by atoms with Gasteiger partial charge in [0.25, 0.3) is 0 Å². The van der Waals surface area contributed by atoms with Crippen molar-refractivity contribution in [3.63, 3.8) is 0 Å². The Morgan fingerprint density at radius 3 is 2.16 bits per heavy atom. The lowest BCUT2D eigenvalue weighted by Crippen LogP contribution is -2.55. The summed E-state index contributed by atoms with van der Waals surface area (Å²) < 4.78 is 51.8. The molecular weight excluding hydrogens is 450 g/mol. The van der Waals surface area contributed by atoms with Gasteiger partial charge >= 0.3 is 0 Å². The van der Waals surface area contributed by atoms with E-state index in [1.54, 1.807) is 0 Å². The minimum atomic E-state index is -3.87. The van der Waals surface area contributed by atoms with E-state index in [1.165, 1.54) is 31.2 Å². The molecule has 0 aliphatic carbocycles. The fourth-order valence-electron chi connectivity index (χ4n) is 4.49. The maximum absolute atomic E-state index is 13.4. The number of amides is 1. The van der Waals surface area contributed by atoms with Crippen molar-refractivity contribution in [2.24, 2.45) is 0 Å². The largest absolute Gasteiger partial charge is 0.369 e. The lowest BCUT2D eigenvalue weighted by Gasteiger charge is -2.40. The molecule has 2 fully saturated rings. The molecule has 8 nitrogen and oxygen atoms in total. The van der Waals surface area contributed by atoms with Gasteiger partial charge in [0, 0.05) is 50.5 Å². The third kappa shape index (κ3) is 4.82. The molecule has 1 N–H and O–H groups in total. The Bertz CT molecular complexity index is 1170. The van der Waals surface area contributed by atoms with Crippen LogP contribution >= 0.6 is 0 Å². The van der Waals surface area contributed by atoms with E-state index in [4.69, 9.17) is 0 Å². The van der Waals surface area contributed by atoms with Crippen LogP contribution in [-0.2, 0) is 24.5 Å². The van der Waals surface area contributed by atoms with Crippen LogP contribution in [0.5, 0.6) is 0 Å². The minimum Gasteiger partial charge on any atom is -0.369 e. The number of benzene rings is 2. The molecule has 2 aromatic carbocycles. The molecule has 0 bridgehead atoms. The fraction of sp³-hybridized carbons (Fsp3) is 0.409. The van der Waals surface area contributed by atoms with Crippen molar-refractivity contribution < 1.29 is 21.6 Å². The molecule has 2 heterocycles. The standard InChI is InChI=1S/C22H27N3O5S2/c1-17(26)23-18-7-9-20(10-8-18)32(29,30)22-16-31(27,28)15-21(22)25-13-11-24(12-14-25)19-5-3-2-4-6-19/h2-10,21-22H,11-16H2,1H3,(H,23,26). The topological polar surface area (TPSA) is 104 Å². The van der Waals surface area contributed by atoms with Crippen molar-refractivity contribution in [3.05, 3.63) is 54.6 Å². The highest BCUT2D eigenvalue weighted by molar-refractivity contribution is 7.96. The van der Waals surface area contributed by atoms with Crippen LogP contribution in [-0.4, -0.2) is 76.6 Å². The number of carbonyl (C=O) groups excluding carboxylic acids is 1.